The van der Waals surface area contributed by atoms with Gasteiger partial charge >= 0.3 is 0 Å². The third-order valence-electron chi connectivity index (χ3n) is 4.92. The molecule has 0 bridgehead atoms. The van der Waals surface area contributed by atoms with Gasteiger partial charge in [0, 0.05) is 19.1 Å². The van der Waals surface area contributed by atoms with Crippen LogP contribution in [-0.4, -0.2) is 19.0 Å². The lowest BCUT2D eigenvalue weighted by Crippen LogP contribution is -2.45. The maximum absolute atomic E-state index is 12.3. The molecule has 0 aromatic heterocycles. The van der Waals surface area contributed by atoms with Gasteiger partial charge in [0.1, 0.15) is 0 Å². The standard InChI is InChI=1S/C16H24O2/c1-10-6-7-15(18-5)11(2)14(17)8-13-12(10)9-16(13,3)4/h12-13,15H,1-2,6-9H2,3-5H3/t12-,13+,15+/m0/s1. The molecule has 3 atom stereocenters. The predicted molar refractivity (Wildman–Crippen MR) is 73.3 cm³/mol. The highest BCUT2D eigenvalue weighted by atomic mass is 16.5. The quantitative estimate of drug-likeness (QED) is 0.524. The molecule has 2 rings (SSSR count). The average molecular weight is 248 g/mol. The molecule has 2 heteroatoms. The predicted octanol–water partition coefficient (Wildman–Crippen LogP) is 3.53. The fourth-order valence-corrected chi connectivity index (χ4v) is 3.54. The first kappa shape index (κ1) is 13.5. The summed E-state index contributed by atoms with van der Waals surface area (Å²) in [6.45, 7) is 12.7. The average Bonchev–Trinajstić information content (AvgIpc) is 2.35. The van der Waals surface area contributed by atoms with Gasteiger partial charge in [-0.1, -0.05) is 32.6 Å². The number of hydrogen-bond acceptors (Lipinski definition) is 2. The molecular formula is C16H24O2. The Hall–Kier alpha value is -0.890. The minimum Gasteiger partial charge on any atom is -0.377 e. The molecule has 2 nitrogen and oxygen atoms in total. The summed E-state index contributed by atoms with van der Waals surface area (Å²) >= 11 is 0. The molecule has 2 fully saturated rings. The van der Waals surface area contributed by atoms with Gasteiger partial charge in [0.25, 0.3) is 0 Å². The molecule has 0 amide bonds. The van der Waals surface area contributed by atoms with Crippen LogP contribution in [-0.2, 0) is 9.53 Å². The molecule has 0 N–H and O–H groups in total. The van der Waals surface area contributed by atoms with E-state index in [1.165, 1.54) is 5.57 Å². The number of ether oxygens (including phenoxy) is 1. The number of hydrogen-bond donors (Lipinski definition) is 0. The van der Waals surface area contributed by atoms with E-state index in [1.807, 2.05) is 0 Å². The first-order valence-corrected chi connectivity index (χ1v) is 6.79. The molecule has 0 heterocycles. The van der Waals surface area contributed by atoms with Crippen LogP contribution in [0.3, 0.4) is 0 Å². The van der Waals surface area contributed by atoms with Crippen molar-refractivity contribution in [2.24, 2.45) is 17.3 Å². The summed E-state index contributed by atoms with van der Waals surface area (Å²) in [7, 11) is 1.66. The van der Waals surface area contributed by atoms with Gasteiger partial charge in [-0.25, -0.2) is 0 Å². The summed E-state index contributed by atoms with van der Waals surface area (Å²) in [5, 5.41) is 0. The maximum Gasteiger partial charge on any atom is 0.161 e. The van der Waals surface area contributed by atoms with Crippen molar-refractivity contribution in [3.05, 3.63) is 24.3 Å². The van der Waals surface area contributed by atoms with Crippen LogP contribution in [0.2, 0.25) is 0 Å². The van der Waals surface area contributed by atoms with E-state index in [9.17, 15) is 4.79 Å². The molecule has 0 spiro atoms. The van der Waals surface area contributed by atoms with Gasteiger partial charge in [-0.3, -0.25) is 4.79 Å². The van der Waals surface area contributed by atoms with Gasteiger partial charge in [-0.15, -0.1) is 0 Å². The largest absolute Gasteiger partial charge is 0.377 e. The SMILES string of the molecule is C=C1C(=O)C[C@@H]2[C@@H](CC2(C)C)C(=C)CC[C@H]1OC. The molecule has 0 aliphatic heterocycles. The molecule has 0 unspecified atom stereocenters. The van der Waals surface area contributed by atoms with Gasteiger partial charge in [0.15, 0.2) is 5.78 Å². The van der Waals surface area contributed by atoms with Gasteiger partial charge in [0.2, 0.25) is 0 Å². The smallest absolute Gasteiger partial charge is 0.161 e. The number of ketones is 1. The molecule has 2 aliphatic carbocycles. The van der Waals surface area contributed by atoms with Crippen LogP contribution in [0.1, 0.15) is 39.5 Å². The Morgan fingerprint density at radius 1 is 1.33 bits per heavy atom. The number of carbonyl (C=O) groups is 1. The molecular weight excluding hydrogens is 224 g/mol. The molecule has 0 aromatic carbocycles. The lowest BCUT2D eigenvalue weighted by Gasteiger charge is -2.52. The highest BCUT2D eigenvalue weighted by Gasteiger charge is 2.49. The number of fused-ring (bicyclic) bond motifs is 1. The minimum atomic E-state index is -0.130. The fourth-order valence-electron chi connectivity index (χ4n) is 3.54. The Morgan fingerprint density at radius 2 is 2.00 bits per heavy atom. The van der Waals surface area contributed by atoms with Gasteiger partial charge in [0.05, 0.1) is 6.10 Å². The Morgan fingerprint density at radius 3 is 2.56 bits per heavy atom. The summed E-state index contributed by atoms with van der Waals surface area (Å²) in [5.41, 5.74) is 2.20. The van der Waals surface area contributed by atoms with Crippen molar-refractivity contribution >= 4 is 5.78 Å². The number of carbonyl (C=O) groups excluding carboxylic acids is 1. The first-order chi connectivity index (χ1) is 8.36. The van der Waals surface area contributed by atoms with Gasteiger partial charge in [-0.05, 0) is 36.5 Å². The molecule has 2 saturated carbocycles. The minimum absolute atomic E-state index is 0.130. The monoisotopic (exact) mass is 248 g/mol. The van der Waals surface area contributed by atoms with Crippen LogP contribution in [0.5, 0.6) is 0 Å². The van der Waals surface area contributed by atoms with Gasteiger partial charge in [-0.2, -0.15) is 0 Å². The van der Waals surface area contributed by atoms with Crippen LogP contribution in [0.15, 0.2) is 24.3 Å². The van der Waals surface area contributed by atoms with Crippen LogP contribution in [0.4, 0.5) is 0 Å². The zero-order valence-corrected chi connectivity index (χ0v) is 11.8. The van der Waals surface area contributed by atoms with E-state index in [-0.39, 0.29) is 17.3 Å². The van der Waals surface area contributed by atoms with Gasteiger partial charge < -0.3 is 4.74 Å². The lowest BCUT2D eigenvalue weighted by molar-refractivity contribution is -0.121. The Balaban J connectivity index is 2.22. The molecule has 0 saturated heterocycles. The van der Waals surface area contributed by atoms with Crippen LogP contribution in [0.25, 0.3) is 0 Å². The Labute approximate surface area is 110 Å². The maximum atomic E-state index is 12.3. The second-order valence-corrected chi connectivity index (χ2v) is 6.48. The number of allylic oxidation sites excluding steroid dienone is 1. The molecule has 18 heavy (non-hydrogen) atoms. The Bertz CT molecular complexity index is 392. The van der Waals surface area contributed by atoms with E-state index in [4.69, 9.17) is 4.74 Å². The van der Waals surface area contributed by atoms with Crippen molar-refractivity contribution in [2.45, 2.75) is 45.6 Å². The van der Waals surface area contributed by atoms with Crippen molar-refractivity contribution in [2.75, 3.05) is 7.11 Å². The van der Waals surface area contributed by atoms with E-state index < -0.39 is 0 Å². The van der Waals surface area contributed by atoms with Crippen LogP contribution < -0.4 is 0 Å². The summed E-state index contributed by atoms with van der Waals surface area (Å²) in [6, 6.07) is 0. The highest BCUT2D eigenvalue weighted by molar-refractivity contribution is 5.96. The molecule has 2 aliphatic rings. The van der Waals surface area contributed by atoms with Crippen molar-refractivity contribution < 1.29 is 9.53 Å². The lowest BCUT2D eigenvalue weighted by atomic mass is 9.52. The molecule has 100 valence electrons. The first-order valence-electron chi connectivity index (χ1n) is 6.79. The van der Waals surface area contributed by atoms with Crippen molar-refractivity contribution in [3.63, 3.8) is 0 Å². The highest BCUT2D eigenvalue weighted by Crippen LogP contribution is 2.56. The van der Waals surface area contributed by atoms with Crippen molar-refractivity contribution in [3.8, 4) is 0 Å². The van der Waals surface area contributed by atoms with E-state index in [0.717, 1.165) is 19.3 Å². The van der Waals surface area contributed by atoms with Crippen LogP contribution >= 0.6 is 0 Å². The van der Waals surface area contributed by atoms with E-state index in [0.29, 0.717) is 23.8 Å². The van der Waals surface area contributed by atoms with E-state index in [1.54, 1.807) is 7.11 Å². The fraction of sp³-hybridized carbons (Fsp3) is 0.688. The Kier molecular flexibility index (Phi) is 3.50. The zero-order chi connectivity index (χ0) is 13.5. The second kappa shape index (κ2) is 4.65. The summed E-state index contributed by atoms with van der Waals surface area (Å²) < 4.78 is 5.39. The van der Waals surface area contributed by atoms with E-state index >= 15 is 0 Å². The van der Waals surface area contributed by atoms with Crippen LogP contribution in [0, 0.1) is 17.3 Å². The third kappa shape index (κ3) is 2.18. The normalized spacial score (nSPS) is 36.2. The molecule has 0 radical (unpaired) electrons. The zero-order valence-electron chi connectivity index (χ0n) is 11.8. The third-order valence-corrected chi connectivity index (χ3v) is 4.92. The number of methoxy groups -OCH3 is 1. The number of rotatable bonds is 1. The topological polar surface area (TPSA) is 26.3 Å². The molecule has 0 aromatic rings. The van der Waals surface area contributed by atoms with Crippen molar-refractivity contribution in [1.82, 2.24) is 0 Å². The summed E-state index contributed by atoms with van der Waals surface area (Å²) in [6.07, 6.45) is 3.42. The summed E-state index contributed by atoms with van der Waals surface area (Å²) in [4.78, 5) is 12.3. The second-order valence-electron chi connectivity index (χ2n) is 6.48. The summed E-state index contributed by atoms with van der Waals surface area (Å²) in [5.74, 6) is 1.14. The number of Topliss-reactive ketones (excluding diaryl/α,β-unsaturated/α-hetero) is 1. The van der Waals surface area contributed by atoms with E-state index in [2.05, 4.69) is 27.0 Å². The van der Waals surface area contributed by atoms with Crippen molar-refractivity contribution in [1.29, 1.82) is 0 Å².